The van der Waals surface area contributed by atoms with E-state index in [9.17, 15) is 4.79 Å². The van der Waals surface area contributed by atoms with Gasteiger partial charge in [-0.1, -0.05) is 48.5 Å². The summed E-state index contributed by atoms with van der Waals surface area (Å²) in [5, 5.41) is 1.01. The molecule has 18 heavy (non-hydrogen) atoms. The number of aryl methyl sites for hydroxylation is 1. The zero-order valence-electron chi connectivity index (χ0n) is 10.4. The molecule has 0 aromatic heterocycles. The van der Waals surface area contributed by atoms with Crippen LogP contribution in [0.1, 0.15) is 48.0 Å². The van der Waals surface area contributed by atoms with Gasteiger partial charge in [0, 0.05) is 0 Å². The first-order valence-corrected chi connectivity index (χ1v) is 8.18. The first kappa shape index (κ1) is 14.3. The van der Waals surface area contributed by atoms with Crippen molar-refractivity contribution in [2.24, 2.45) is 0 Å². The maximum atomic E-state index is 12.4. The summed E-state index contributed by atoms with van der Waals surface area (Å²) in [5.74, 6) is 0. The van der Waals surface area contributed by atoms with Gasteiger partial charge in [0.25, 0.3) is 0 Å². The van der Waals surface area contributed by atoms with E-state index in [4.69, 9.17) is 23.2 Å². The molecule has 0 saturated heterocycles. The van der Waals surface area contributed by atoms with Crippen LogP contribution < -0.4 is 0 Å². The van der Waals surface area contributed by atoms with Crippen molar-refractivity contribution in [2.75, 3.05) is 0 Å². The van der Waals surface area contributed by atoms with Gasteiger partial charge in [-0.25, -0.2) is 0 Å². The summed E-state index contributed by atoms with van der Waals surface area (Å²) in [5.41, 5.74) is 2.11. The second-order valence-corrected chi connectivity index (χ2v) is 7.21. The van der Waals surface area contributed by atoms with E-state index in [0.717, 1.165) is 5.56 Å². The zero-order chi connectivity index (χ0) is 13.1. The first-order chi connectivity index (χ1) is 8.59. The van der Waals surface area contributed by atoms with Gasteiger partial charge in [-0.3, -0.25) is 4.79 Å². The van der Waals surface area contributed by atoms with Crippen molar-refractivity contribution >= 4 is 37.3 Å². The third-order valence-electron chi connectivity index (χ3n) is 3.45. The van der Waals surface area contributed by atoms with E-state index in [1.807, 2.05) is 13.0 Å². The van der Waals surface area contributed by atoms with E-state index in [-0.39, 0.29) is 5.52 Å². The lowest BCUT2D eigenvalue weighted by Gasteiger charge is -2.21. The van der Waals surface area contributed by atoms with Gasteiger partial charge in [0.2, 0.25) is 0 Å². The third kappa shape index (κ3) is 3.26. The minimum Gasteiger partial charge on any atom is -0.289 e. The smallest absolute Gasteiger partial charge is 0.184 e. The molecule has 98 valence electrons. The second-order valence-electron chi connectivity index (χ2n) is 4.86. The molecule has 1 saturated carbocycles. The lowest BCUT2D eigenvalue weighted by atomic mass is 10.0. The van der Waals surface area contributed by atoms with Crippen molar-refractivity contribution in [1.29, 1.82) is 0 Å². The summed E-state index contributed by atoms with van der Waals surface area (Å²) >= 11 is 12.3. The van der Waals surface area contributed by atoms with Crippen LogP contribution >= 0.6 is 31.8 Å². The summed E-state index contributed by atoms with van der Waals surface area (Å²) in [7, 11) is 0.314. The van der Waals surface area contributed by atoms with Gasteiger partial charge in [-0.15, -0.1) is 0 Å². The fourth-order valence-electron chi connectivity index (χ4n) is 2.37. The molecule has 4 heteroatoms. The summed E-state index contributed by atoms with van der Waals surface area (Å²) < 4.78 is 0. The molecule has 0 radical (unpaired) electrons. The summed E-state index contributed by atoms with van der Waals surface area (Å²) in [4.78, 5) is 12.4. The topological polar surface area (TPSA) is 17.1 Å². The quantitative estimate of drug-likeness (QED) is 0.678. The number of hydrogen-bond donors (Lipinski definition) is 0. The van der Waals surface area contributed by atoms with Crippen LogP contribution in [-0.2, 0) is 0 Å². The van der Waals surface area contributed by atoms with Gasteiger partial charge in [-0.05, 0) is 45.6 Å². The molecular weight excluding hydrogens is 286 g/mol. The van der Waals surface area contributed by atoms with Gasteiger partial charge in [0.05, 0.1) is 15.6 Å². The molecule has 0 aliphatic heterocycles. The van der Waals surface area contributed by atoms with Crippen LogP contribution in [0.5, 0.6) is 0 Å². The van der Waals surface area contributed by atoms with Crippen LogP contribution in [0.3, 0.4) is 0 Å². The molecule has 1 aromatic carbocycles. The Kier molecular flexibility index (Phi) is 5.06. The predicted molar refractivity (Wildman–Crippen MR) is 80.7 cm³/mol. The lowest BCUT2D eigenvalue weighted by molar-refractivity contribution is 0.108. The van der Waals surface area contributed by atoms with Crippen molar-refractivity contribution in [3.05, 3.63) is 33.3 Å². The monoisotopic (exact) mass is 302 g/mol. The number of halogens is 2. The highest BCUT2D eigenvalue weighted by molar-refractivity contribution is 7.59. The molecule has 1 atom stereocenters. The average Bonchev–Trinajstić information content (AvgIpc) is 2.36. The maximum Gasteiger partial charge on any atom is 0.184 e. The molecule has 1 aliphatic rings. The van der Waals surface area contributed by atoms with Crippen LogP contribution in [0.2, 0.25) is 10.0 Å². The van der Waals surface area contributed by atoms with E-state index < -0.39 is 0 Å². The highest BCUT2D eigenvalue weighted by Crippen LogP contribution is 2.39. The van der Waals surface area contributed by atoms with Gasteiger partial charge < -0.3 is 0 Å². The fraction of sp³-hybridized carbons (Fsp3) is 0.500. The van der Waals surface area contributed by atoms with Crippen LogP contribution in [0, 0.1) is 6.92 Å². The zero-order valence-corrected chi connectivity index (χ0v) is 12.9. The molecule has 0 bridgehead atoms. The Morgan fingerprint density at radius 3 is 2.56 bits per heavy atom. The number of carbonyl (C=O) groups excluding carboxylic acids is 1. The van der Waals surface area contributed by atoms with E-state index in [1.54, 1.807) is 6.07 Å². The highest BCUT2D eigenvalue weighted by Gasteiger charge is 2.21. The van der Waals surface area contributed by atoms with E-state index in [0.29, 0.717) is 29.8 Å². The minimum absolute atomic E-state index is 0.126. The normalized spacial score (nSPS) is 17.5. The van der Waals surface area contributed by atoms with Crippen molar-refractivity contribution < 1.29 is 4.79 Å². The molecule has 1 aliphatic carbocycles. The molecule has 1 nitrogen and oxygen atoms in total. The number of carbonyl (C=O) groups is 1. The van der Waals surface area contributed by atoms with Crippen LogP contribution in [0.4, 0.5) is 0 Å². The van der Waals surface area contributed by atoms with Gasteiger partial charge in [0.1, 0.15) is 0 Å². The standard InChI is InChI=1S/C14H17Cl2OP/c1-9-7-8-11(15)12(13(9)16)14(17)18-10-5-3-2-4-6-10/h7-8,10,18H,2-6H2,1H3. The summed E-state index contributed by atoms with van der Waals surface area (Å²) in [6.45, 7) is 1.90. The lowest BCUT2D eigenvalue weighted by Crippen LogP contribution is -2.10. The van der Waals surface area contributed by atoms with Crippen molar-refractivity contribution in [2.45, 2.75) is 44.7 Å². The number of rotatable bonds is 3. The Hall–Kier alpha value is -0.100. The predicted octanol–water partition coefficient (Wildman–Crippen LogP) is 5.45. The number of benzene rings is 1. The highest BCUT2D eigenvalue weighted by atomic mass is 35.5. The van der Waals surface area contributed by atoms with Crippen LogP contribution in [0.15, 0.2) is 12.1 Å². The Bertz CT molecular complexity index is 453. The fourth-order valence-corrected chi connectivity index (χ4v) is 4.54. The average molecular weight is 303 g/mol. The Morgan fingerprint density at radius 1 is 1.22 bits per heavy atom. The SMILES string of the molecule is Cc1ccc(Cl)c(C(=O)PC2CCCCC2)c1Cl. The molecule has 0 N–H and O–H groups in total. The molecule has 1 fully saturated rings. The van der Waals surface area contributed by atoms with Gasteiger partial charge in [0.15, 0.2) is 5.52 Å². The van der Waals surface area contributed by atoms with E-state index in [2.05, 4.69) is 0 Å². The molecule has 0 heterocycles. The van der Waals surface area contributed by atoms with Crippen molar-refractivity contribution in [3.8, 4) is 0 Å². The van der Waals surface area contributed by atoms with Crippen molar-refractivity contribution in [1.82, 2.24) is 0 Å². The maximum absolute atomic E-state index is 12.4. The Balaban J connectivity index is 2.15. The van der Waals surface area contributed by atoms with E-state index in [1.165, 1.54) is 32.1 Å². The summed E-state index contributed by atoms with van der Waals surface area (Å²) in [6, 6.07) is 3.62. The molecule has 0 amide bonds. The van der Waals surface area contributed by atoms with E-state index >= 15 is 0 Å². The van der Waals surface area contributed by atoms with Crippen molar-refractivity contribution in [3.63, 3.8) is 0 Å². The molecule has 1 unspecified atom stereocenters. The van der Waals surface area contributed by atoms with Crippen LogP contribution in [0.25, 0.3) is 0 Å². The van der Waals surface area contributed by atoms with Gasteiger partial charge in [-0.2, -0.15) is 0 Å². The Morgan fingerprint density at radius 2 is 1.89 bits per heavy atom. The van der Waals surface area contributed by atoms with Crippen LogP contribution in [-0.4, -0.2) is 11.2 Å². The molecule has 0 spiro atoms. The third-order valence-corrected chi connectivity index (χ3v) is 5.75. The molecular formula is C14H17Cl2OP. The summed E-state index contributed by atoms with van der Waals surface area (Å²) in [6.07, 6.45) is 6.15. The minimum atomic E-state index is 0.126. The second kappa shape index (κ2) is 6.37. The Labute approximate surface area is 120 Å². The number of hydrogen-bond acceptors (Lipinski definition) is 1. The first-order valence-electron chi connectivity index (χ1n) is 6.35. The largest absolute Gasteiger partial charge is 0.289 e. The van der Waals surface area contributed by atoms with Gasteiger partial charge >= 0.3 is 0 Å². The molecule has 2 rings (SSSR count). The molecule has 1 aromatic rings.